The molecule has 0 unspecified atom stereocenters. The number of carboxylic acids is 1. The summed E-state index contributed by atoms with van der Waals surface area (Å²) >= 11 is 0. The normalized spacial score (nSPS) is 12.9. The highest BCUT2D eigenvalue weighted by atomic mass is 16.5. The number of benzene rings is 3. The Morgan fingerprint density at radius 1 is 1.14 bits per heavy atom. The van der Waals surface area contributed by atoms with E-state index < -0.39 is 5.97 Å². The Hall–Kier alpha value is -3.40. The molecule has 4 nitrogen and oxygen atoms in total. The number of nitrogens with zero attached hydrogens (tertiary/aromatic N) is 1. The van der Waals surface area contributed by atoms with Gasteiger partial charge in [0.15, 0.2) is 0 Å². The van der Waals surface area contributed by atoms with Crippen molar-refractivity contribution in [3.8, 4) is 16.9 Å². The van der Waals surface area contributed by atoms with Gasteiger partial charge in [0.25, 0.3) is 0 Å². The van der Waals surface area contributed by atoms with E-state index in [4.69, 9.17) is 9.72 Å². The molecule has 0 amide bonds. The highest BCUT2D eigenvalue weighted by molar-refractivity contribution is 6.08. The van der Waals surface area contributed by atoms with Crippen molar-refractivity contribution in [2.45, 2.75) is 26.7 Å². The molecule has 0 aliphatic carbocycles. The van der Waals surface area contributed by atoms with E-state index in [1.54, 1.807) is 0 Å². The molecular formula is C25H21NO3. The predicted octanol–water partition coefficient (Wildman–Crippen LogP) is 5.23. The van der Waals surface area contributed by atoms with Gasteiger partial charge in [-0.15, -0.1) is 0 Å². The minimum absolute atomic E-state index is 0.0234. The van der Waals surface area contributed by atoms with Crippen LogP contribution in [0.4, 0.5) is 0 Å². The fourth-order valence-electron chi connectivity index (χ4n) is 4.50. The second kappa shape index (κ2) is 6.59. The average Bonchev–Trinajstić information content (AvgIpc) is 2.69. The first-order chi connectivity index (χ1) is 14.0. The van der Waals surface area contributed by atoms with Gasteiger partial charge in [-0.1, -0.05) is 29.8 Å². The Morgan fingerprint density at radius 3 is 2.83 bits per heavy atom. The van der Waals surface area contributed by atoms with Gasteiger partial charge in [-0.2, -0.15) is 0 Å². The van der Waals surface area contributed by atoms with Gasteiger partial charge in [0.1, 0.15) is 5.75 Å². The number of aryl methyl sites for hydroxylation is 2. The minimum Gasteiger partial charge on any atom is -0.493 e. The third-order valence-electron chi connectivity index (χ3n) is 5.79. The molecule has 29 heavy (non-hydrogen) atoms. The lowest BCUT2D eigenvalue weighted by atomic mass is 9.86. The summed E-state index contributed by atoms with van der Waals surface area (Å²) in [6.07, 6.45) is 2.67. The van der Waals surface area contributed by atoms with Crippen LogP contribution in [0.2, 0.25) is 0 Å². The molecule has 1 aliphatic rings. The number of aromatic nitrogens is 1. The van der Waals surface area contributed by atoms with E-state index in [0.717, 1.165) is 56.1 Å². The van der Waals surface area contributed by atoms with E-state index in [1.165, 1.54) is 11.1 Å². The van der Waals surface area contributed by atoms with Crippen LogP contribution in [0, 0.1) is 13.8 Å². The molecule has 1 N–H and O–H groups in total. The molecule has 1 aromatic heterocycles. The number of fused-ring (bicyclic) bond motifs is 1. The Balaban J connectivity index is 1.92. The van der Waals surface area contributed by atoms with Crippen LogP contribution in [0.25, 0.3) is 32.8 Å². The van der Waals surface area contributed by atoms with Crippen LogP contribution in [-0.4, -0.2) is 22.7 Å². The summed E-state index contributed by atoms with van der Waals surface area (Å²) in [6, 6.07) is 14.5. The molecule has 0 fully saturated rings. The number of carbonyl (C=O) groups is 1. The SMILES string of the molecule is Cc1ccc2c(-c3ccc4c5c(ccnc35)CCO4)c(CC(=O)O)c(C)cc2c1. The van der Waals surface area contributed by atoms with E-state index in [9.17, 15) is 9.90 Å². The number of hydrogen-bond donors (Lipinski definition) is 1. The van der Waals surface area contributed by atoms with Crippen LogP contribution in [0.3, 0.4) is 0 Å². The Kier molecular flexibility index (Phi) is 4.02. The number of ether oxygens (including phenoxy) is 1. The quantitative estimate of drug-likeness (QED) is 0.526. The van der Waals surface area contributed by atoms with Gasteiger partial charge in [0.2, 0.25) is 0 Å². The fourth-order valence-corrected chi connectivity index (χ4v) is 4.50. The van der Waals surface area contributed by atoms with Gasteiger partial charge in [0, 0.05) is 23.6 Å². The lowest BCUT2D eigenvalue weighted by molar-refractivity contribution is -0.136. The zero-order valence-electron chi connectivity index (χ0n) is 16.5. The smallest absolute Gasteiger partial charge is 0.307 e. The van der Waals surface area contributed by atoms with Crippen molar-refractivity contribution in [1.29, 1.82) is 0 Å². The monoisotopic (exact) mass is 383 g/mol. The first-order valence-corrected chi connectivity index (χ1v) is 9.81. The molecule has 0 atom stereocenters. The Labute approximate surface area is 168 Å². The molecule has 0 bridgehead atoms. The van der Waals surface area contributed by atoms with Gasteiger partial charge in [-0.05, 0) is 65.1 Å². The van der Waals surface area contributed by atoms with E-state index in [1.807, 2.05) is 31.3 Å². The summed E-state index contributed by atoms with van der Waals surface area (Å²) in [5.74, 6) is 0.0190. The van der Waals surface area contributed by atoms with Crippen molar-refractivity contribution in [1.82, 2.24) is 4.98 Å². The zero-order valence-corrected chi connectivity index (χ0v) is 16.5. The second-order valence-corrected chi connectivity index (χ2v) is 7.75. The molecule has 0 spiro atoms. The number of rotatable bonds is 3. The highest BCUT2D eigenvalue weighted by Crippen LogP contribution is 2.42. The molecule has 0 saturated carbocycles. The molecular weight excluding hydrogens is 362 g/mol. The molecule has 1 aliphatic heterocycles. The van der Waals surface area contributed by atoms with Gasteiger partial charge in [-0.3, -0.25) is 9.78 Å². The number of hydrogen-bond acceptors (Lipinski definition) is 3. The molecule has 0 saturated heterocycles. The standard InChI is InChI=1S/C25H21NO3/c1-14-3-4-18-17(11-14)12-15(2)20(13-22(27)28)24(18)19-5-6-21-23-16(8-10-29-21)7-9-26-25(19)23/h3-7,9,11-12H,8,10,13H2,1-2H3,(H,27,28). The van der Waals surface area contributed by atoms with Crippen LogP contribution in [0.1, 0.15) is 22.3 Å². The van der Waals surface area contributed by atoms with Crippen LogP contribution in [0.5, 0.6) is 5.75 Å². The number of carboxylic acid groups (broad SMARTS) is 1. The molecule has 2 heterocycles. The number of aliphatic carboxylic acids is 1. The van der Waals surface area contributed by atoms with Crippen molar-refractivity contribution in [2.24, 2.45) is 0 Å². The lowest BCUT2D eigenvalue weighted by Crippen LogP contribution is -2.10. The van der Waals surface area contributed by atoms with Crippen LogP contribution in [0.15, 0.2) is 48.7 Å². The van der Waals surface area contributed by atoms with Gasteiger partial charge in [0.05, 0.1) is 18.5 Å². The molecule has 144 valence electrons. The van der Waals surface area contributed by atoms with Gasteiger partial charge < -0.3 is 9.84 Å². The topological polar surface area (TPSA) is 59.4 Å². The zero-order chi connectivity index (χ0) is 20.1. The summed E-state index contributed by atoms with van der Waals surface area (Å²) < 4.78 is 5.87. The maximum Gasteiger partial charge on any atom is 0.307 e. The van der Waals surface area contributed by atoms with Crippen LogP contribution in [-0.2, 0) is 17.6 Å². The first kappa shape index (κ1) is 17.7. The summed E-state index contributed by atoms with van der Waals surface area (Å²) in [7, 11) is 0. The van der Waals surface area contributed by atoms with Crippen LogP contribution >= 0.6 is 0 Å². The van der Waals surface area contributed by atoms with E-state index in [2.05, 4.69) is 31.2 Å². The van der Waals surface area contributed by atoms with Crippen molar-refractivity contribution < 1.29 is 14.6 Å². The summed E-state index contributed by atoms with van der Waals surface area (Å²) in [6.45, 7) is 4.73. The first-order valence-electron chi connectivity index (χ1n) is 9.81. The Morgan fingerprint density at radius 2 is 2.00 bits per heavy atom. The van der Waals surface area contributed by atoms with Crippen molar-refractivity contribution in [3.63, 3.8) is 0 Å². The van der Waals surface area contributed by atoms with Gasteiger partial charge in [-0.25, -0.2) is 0 Å². The average molecular weight is 383 g/mol. The molecule has 3 aromatic carbocycles. The number of pyridine rings is 1. The van der Waals surface area contributed by atoms with Crippen molar-refractivity contribution in [3.05, 3.63) is 70.9 Å². The predicted molar refractivity (Wildman–Crippen MR) is 115 cm³/mol. The molecule has 4 heteroatoms. The fraction of sp³-hybridized carbons (Fsp3) is 0.200. The second-order valence-electron chi connectivity index (χ2n) is 7.75. The Bertz CT molecular complexity index is 1300. The van der Waals surface area contributed by atoms with E-state index in [0.29, 0.717) is 6.61 Å². The third kappa shape index (κ3) is 2.83. The highest BCUT2D eigenvalue weighted by Gasteiger charge is 2.22. The maximum atomic E-state index is 11.7. The summed E-state index contributed by atoms with van der Waals surface area (Å²) in [5.41, 5.74) is 7.03. The van der Waals surface area contributed by atoms with Gasteiger partial charge >= 0.3 is 5.97 Å². The molecule has 4 aromatic rings. The van der Waals surface area contributed by atoms with Crippen molar-refractivity contribution >= 4 is 27.6 Å². The largest absolute Gasteiger partial charge is 0.493 e. The van der Waals surface area contributed by atoms with Crippen LogP contribution < -0.4 is 4.74 Å². The summed E-state index contributed by atoms with van der Waals surface area (Å²) in [4.78, 5) is 16.4. The minimum atomic E-state index is -0.833. The molecule has 0 radical (unpaired) electrons. The maximum absolute atomic E-state index is 11.7. The van der Waals surface area contributed by atoms with E-state index in [-0.39, 0.29) is 6.42 Å². The lowest BCUT2D eigenvalue weighted by Gasteiger charge is -2.21. The summed E-state index contributed by atoms with van der Waals surface area (Å²) in [5, 5.41) is 12.8. The van der Waals surface area contributed by atoms with Crippen molar-refractivity contribution in [2.75, 3.05) is 6.61 Å². The third-order valence-corrected chi connectivity index (χ3v) is 5.79. The molecule has 5 rings (SSSR count). The van der Waals surface area contributed by atoms with E-state index >= 15 is 0 Å².